The van der Waals surface area contributed by atoms with E-state index in [0.29, 0.717) is 0 Å². The minimum absolute atomic E-state index is 0.131. The predicted molar refractivity (Wildman–Crippen MR) is 77.0 cm³/mol. The van der Waals surface area contributed by atoms with Gasteiger partial charge in [-0.3, -0.25) is 0 Å². The van der Waals surface area contributed by atoms with E-state index in [1.807, 2.05) is 31.2 Å². The molecule has 0 aliphatic carbocycles. The van der Waals surface area contributed by atoms with E-state index in [2.05, 4.69) is 9.71 Å². The van der Waals surface area contributed by atoms with Crippen LogP contribution in [0.5, 0.6) is 0 Å². The summed E-state index contributed by atoms with van der Waals surface area (Å²) >= 11 is 6.59. The molecule has 2 aromatic rings. The highest BCUT2D eigenvalue weighted by Crippen LogP contribution is 2.22. The molecule has 1 aromatic heterocycles. The first-order valence-corrected chi connectivity index (χ1v) is 8.38. The van der Waals surface area contributed by atoms with Crippen molar-refractivity contribution in [2.45, 2.75) is 24.1 Å². The summed E-state index contributed by atoms with van der Waals surface area (Å²) in [4.78, 5) is 3.74. The molecular formula is C12H13ClN2O2S2. The number of aromatic nitrogens is 1. The van der Waals surface area contributed by atoms with E-state index in [-0.39, 0.29) is 15.2 Å². The standard InChI is InChI=1S/C12H13ClN2O2S2/c1-2-9-5-3-4-6-10(9)7-15-19(16,17)11-8-14-12(13)18-11/h3-6,8,15H,2,7H2,1H3. The molecule has 19 heavy (non-hydrogen) atoms. The van der Waals surface area contributed by atoms with Crippen LogP contribution in [0.1, 0.15) is 18.1 Å². The molecule has 0 saturated heterocycles. The Morgan fingerprint density at radius 3 is 2.58 bits per heavy atom. The monoisotopic (exact) mass is 316 g/mol. The van der Waals surface area contributed by atoms with Crippen molar-refractivity contribution in [2.24, 2.45) is 0 Å². The molecule has 0 atom stereocenters. The SMILES string of the molecule is CCc1ccccc1CNS(=O)(=O)c1cnc(Cl)s1. The van der Waals surface area contributed by atoms with Gasteiger partial charge in [0.1, 0.15) is 0 Å². The van der Waals surface area contributed by atoms with Gasteiger partial charge >= 0.3 is 0 Å². The summed E-state index contributed by atoms with van der Waals surface area (Å²) in [5.74, 6) is 0. The fourth-order valence-corrected chi connectivity index (χ4v) is 4.03. The van der Waals surface area contributed by atoms with Gasteiger partial charge < -0.3 is 0 Å². The minimum Gasteiger partial charge on any atom is -0.232 e. The summed E-state index contributed by atoms with van der Waals surface area (Å²) in [5, 5.41) is 0. The Balaban J connectivity index is 2.14. The van der Waals surface area contributed by atoms with E-state index in [1.165, 1.54) is 6.20 Å². The molecule has 102 valence electrons. The van der Waals surface area contributed by atoms with Crippen LogP contribution in [0.25, 0.3) is 0 Å². The number of aryl methyl sites for hydroxylation is 1. The zero-order valence-corrected chi connectivity index (χ0v) is 12.6. The van der Waals surface area contributed by atoms with Crippen molar-refractivity contribution in [3.05, 3.63) is 46.1 Å². The van der Waals surface area contributed by atoms with Crippen molar-refractivity contribution in [2.75, 3.05) is 0 Å². The molecule has 0 unspecified atom stereocenters. The van der Waals surface area contributed by atoms with Gasteiger partial charge in [0.25, 0.3) is 10.0 Å². The number of thiazole rings is 1. The summed E-state index contributed by atoms with van der Waals surface area (Å²) in [6.07, 6.45) is 2.13. The molecule has 0 radical (unpaired) electrons. The van der Waals surface area contributed by atoms with Gasteiger partial charge in [-0.05, 0) is 17.5 Å². The zero-order chi connectivity index (χ0) is 13.9. The molecule has 1 aromatic carbocycles. The van der Waals surface area contributed by atoms with Gasteiger partial charge in [0.2, 0.25) is 0 Å². The number of halogens is 1. The first-order chi connectivity index (χ1) is 9.03. The van der Waals surface area contributed by atoms with Gasteiger partial charge in [-0.15, -0.1) is 0 Å². The maximum Gasteiger partial charge on any atom is 0.252 e. The maximum absolute atomic E-state index is 12.0. The highest BCUT2D eigenvalue weighted by molar-refractivity contribution is 7.91. The van der Waals surface area contributed by atoms with Crippen molar-refractivity contribution in [1.82, 2.24) is 9.71 Å². The Hall–Kier alpha value is -0.950. The van der Waals surface area contributed by atoms with E-state index in [4.69, 9.17) is 11.6 Å². The molecule has 0 amide bonds. The van der Waals surface area contributed by atoms with Crippen molar-refractivity contribution in [3.63, 3.8) is 0 Å². The molecule has 1 heterocycles. The Morgan fingerprint density at radius 2 is 2.00 bits per heavy atom. The van der Waals surface area contributed by atoms with E-state index in [0.717, 1.165) is 28.9 Å². The molecule has 0 bridgehead atoms. The first-order valence-electron chi connectivity index (χ1n) is 5.70. The lowest BCUT2D eigenvalue weighted by atomic mass is 10.1. The van der Waals surface area contributed by atoms with Crippen LogP contribution < -0.4 is 4.72 Å². The highest BCUT2D eigenvalue weighted by Gasteiger charge is 2.17. The van der Waals surface area contributed by atoms with Crippen LogP contribution in [0.4, 0.5) is 0 Å². The van der Waals surface area contributed by atoms with Gasteiger partial charge in [0, 0.05) is 6.54 Å². The fraction of sp³-hybridized carbons (Fsp3) is 0.250. The number of nitrogens with zero attached hydrogens (tertiary/aromatic N) is 1. The number of sulfonamides is 1. The lowest BCUT2D eigenvalue weighted by molar-refractivity contribution is 0.583. The summed E-state index contributed by atoms with van der Waals surface area (Å²) < 4.78 is 26.9. The third-order valence-corrected chi connectivity index (χ3v) is 5.65. The summed E-state index contributed by atoms with van der Waals surface area (Å²) in [6, 6.07) is 7.75. The normalized spacial score (nSPS) is 11.7. The van der Waals surface area contributed by atoms with E-state index in [9.17, 15) is 8.42 Å². The van der Waals surface area contributed by atoms with Crippen LogP contribution in [0.2, 0.25) is 4.47 Å². The predicted octanol–water partition coefficient (Wildman–Crippen LogP) is 2.84. The summed E-state index contributed by atoms with van der Waals surface area (Å²) in [7, 11) is -3.54. The fourth-order valence-electron chi connectivity index (χ4n) is 1.68. The second-order valence-electron chi connectivity index (χ2n) is 3.88. The Labute approximate surface area is 121 Å². The van der Waals surface area contributed by atoms with Crippen molar-refractivity contribution < 1.29 is 8.42 Å². The van der Waals surface area contributed by atoms with Gasteiger partial charge in [0.05, 0.1) is 6.20 Å². The number of hydrogen-bond donors (Lipinski definition) is 1. The Bertz CT molecular complexity index is 668. The molecule has 0 spiro atoms. The summed E-state index contributed by atoms with van der Waals surface area (Å²) in [5.41, 5.74) is 2.11. The molecule has 0 aliphatic rings. The van der Waals surface area contributed by atoms with Crippen molar-refractivity contribution in [1.29, 1.82) is 0 Å². The van der Waals surface area contributed by atoms with Crippen LogP contribution >= 0.6 is 22.9 Å². The maximum atomic E-state index is 12.0. The highest BCUT2D eigenvalue weighted by atomic mass is 35.5. The zero-order valence-electron chi connectivity index (χ0n) is 10.3. The lowest BCUT2D eigenvalue weighted by Gasteiger charge is -2.08. The number of hydrogen-bond acceptors (Lipinski definition) is 4. The molecule has 1 N–H and O–H groups in total. The third-order valence-electron chi connectivity index (χ3n) is 2.67. The topological polar surface area (TPSA) is 59.1 Å². The molecule has 2 rings (SSSR count). The lowest BCUT2D eigenvalue weighted by Crippen LogP contribution is -2.23. The quantitative estimate of drug-likeness (QED) is 0.922. The number of benzene rings is 1. The van der Waals surface area contributed by atoms with Crippen LogP contribution in [0, 0.1) is 0 Å². The minimum atomic E-state index is -3.54. The second kappa shape index (κ2) is 6.00. The van der Waals surface area contributed by atoms with Gasteiger partial charge in [-0.2, -0.15) is 0 Å². The van der Waals surface area contributed by atoms with E-state index in [1.54, 1.807) is 0 Å². The molecule has 0 aliphatic heterocycles. The van der Waals surface area contributed by atoms with Crippen molar-refractivity contribution >= 4 is 33.0 Å². The molecule has 0 fully saturated rings. The average molecular weight is 317 g/mol. The Morgan fingerprint density at radius 1 is 1.32 bits per heavy atom. The molecule has 4 nitrogen and oxygen atoms in total. The summed E-state index contributed by atoms with van der Waals surface area (Å²) in [6.45, 7) is 2.30. The Kier molecular flexibility index (Phi) is 4.57. The molecular weight excluding hydrogens is 304 g/mol. The van der Waals surface area contributed by atoms with E-state index < -0.39 is 10.0 Å². The average Bonchev–Trinajstić information content (AvgIpc) is 2.84. The first kappa shape index (κ1) is 14.5. The van der Waals surface area contributed by atoms with Crippen molar-refractivity contribution in [3.8, 4) is 0 Å². The number of rotatable bonds is 5. The van der Waals surface area contributed by atoms with Crippen LogP contribution in [0.15, 0.2) is 34.7 Å². The smallest absolute Gasteiger partial charge is 0.232 e. The van der Waals surface area contributed by atoms with Gasteiger partial charge in [-0.1, -0.05) is 54.1 Å². The number of nitrogens with one attached hydrogen (secondary N) is 1. The van der Waals surface area contributed by atoms with E-state index >= 15 is 0 Å². The van der Waals surface area contributed by atoms with Crippen LogP contribution in [-0.2, 0) is 23.0 Å². The van der Waals surface area contributed by atoms with Crippen LogP contribution in [0.3, 0.4) is 0 Å². The van der Waals surface area contributed by atoms with Crippen LogP contribution in [-0.4, -0.2) is 13.4 Å². The second-order valence-corrected chi connectivity index (χ2v) is 7.49. The third kappa shape index (κ3) is 3.54. The largest absolute Gasteiger partial charge is 0.252 e. The van der Waals surface area contributed by atoms with Gasteiger partial charge in [0.15, 0.2) is 8.68 Å². The molecule has 0 saturated carbocycles. The molecule has 7 heteroatoms. The van der Waals surface area contributed by atoms with Gasteiger partial charge in [-0.25, -0.2) is 18.1 Å².